The van der Waals surface area contributed by atoms with E-state index in [1.54, 1.807) is 0 Å². The number of carbonyl (C=O) groups excluding carboxylic acids is 3. The van der Waals surface area contributed by atoms with Gasteiger partial charge in [-0.3, -0.25) is 14.4 Å². The first-order chi connectivity index (χ1) is 34.5. The van der Waals surface area contributed by atoms with Gasteiger partial charge >= 0.3 is 17.9 Å². The van der Waals surface area contributed by atoms with Crippen molar-refractivity contribution in [2.75, 3.05) is 13.2 Å². The normalized spacial score (nSPS) is 13.0. The first-order valence-corrected chi connectivity index (χ1v) is 28.7. The minimum atomic E-state index is -0.815. The molecule has 0 amide bonds. The van der Waals surface area contributed by atoms with Gasteiger partial charge in [-0.05, 0) is 89.9 Å². The van der Waals surface area contributed by atoms with E-state index in [0.29, 0.717) is 12.8 Å². The summed E-state index contributed by atoms with van der Waals surface area (Å²) in [4.78, 5) is 38.2. The highest BCUT2D eigenvalue weighted by Gasteiger charge is 2.19. The first-order valence-electron chi connectivity index (χ1n) is 28.7. The van der Waals surface area contributed by atoms with Crippen molar-refractivity contribution >= 4 is 17.9 Å². The third kappa shape index (κ3) is 54.7. The number of ether oxygens (including phenoxy) is 3. The molecule has 0 fully saturated rings. The van der Waals surface area contributed by atoms with E-state index in [-0.39, 0.29) is 37.5 Å². The zero-order valence-electron chi connectivity index (χ0n) is 45.2. The molecule has 0 aromatic rings. The highest BCUT2D eigenvalue weighted by molar-refractivity contribution is 5.71. The Morgan fingerprint density at radius 3 is 0.886 bits per heavy atom. The Morgan fingerprint density at radius 1 is 0.286 bits per heavy atom. The van der Waals surface area contributed by atoms with Crippen LogP contribution in [0, 0.1) is 0 Å². The molecule has 0 N–H and O–H groups in total. The molecule has 0 rings (SSSR count). The van der Waals surface area contributed by atoms with E-state index in [0.717, 1.165) is 122 Å². The lowest BCUT2D eigenvalue weighted by atomic mass is 10.1. The minimum absolute atomic E-state index is 0.112. The Hall–Kier alpha value is -4.19. The standard InChI is InChI=1S/C64H104O6/c1-4-7-10-13-16-19-22-25-28-31-33-36-39-42-45-48-51-54-57-63(66)69-60-61(59-68-62(65)56-53-50-47-44-41-38-35-30-27-24-21-18-15-12-9-6-3)70-64(67)58-55-52-49-46-43-40-37-34-32-29-26-23-20-17-14-11-8-5-2/h10,13,16,19,22-23,25-26,28-38,41,61H,4-9,11-12,14-15,17-18,20-21,24,27,39-40,42-60H2,1-3H3/b13-10-,19-16-,25-22-,26-23-,31-28-,32-29-,35-30-,36-33-,37-34-,41-38-. The summed E-state index contributed by atoms with van der Waals surface area (Å²) >= 11 is 0. The van der Waals surface area contributed by atoms with Crippen molar-refractivity contribution in [1.82, 2.24) is 0 Å². The van der Waals surface area contributed by atoms with E-state index in [9.17, 15) is 14.4 Å². The maximum absolute atomic E-state index is 12.9. The molecule has 0 aliphatic heterocycles. The van der Waals surface area contributed by atoms with Crippen LogP contribution in [0.15, 0.2) is 122 Å². The van der Waals surface area contributed by atoms with Crippen molar-refractivity contribution < 1.29 is 28.6 Å². The van der Waals surface area contributed by atoms with Crippen LogP contribution in [-0.2, 0) is 28.6 Å². The Bertz CT molecular complexity index is 1490. The summed E-state index contributed by atoms with van der Waals surface area (Å²) in [6, 6.07) is 0. The van der Waals surface area contributed by atoms with Gasteiger partial charge in [-0.2, -0.15) is 0 Å². The number of hydrogen-bond acceptors (Lipinski definition) is 6. The number of hydrogen-bond donors (Lipinski definition) is 0. The van der Waals surface area contributed by atoms with E-state index in [1.165, 1.54) is 83.5 Å². The number of carbonyl (C=O) groups is 3. The third-order valence-corrected chi connectivity index (χ3v) is 11.9. The second-order valence-corrected chi connectivity index (χ2v) is 18.7. The molecule has 0 aromatic heterocycles. The van der Waals surface area contributed by atoms with Crippen LogP contribution in [0.25, 0.3) is 0 Å². The van der Waals surface area contributed by atoms with E-state index >= 15 is 0 Å². The Morgan fingerprint density at radius 2 is 0.543 bits per heavy atom. The van der Waals surface area contributed by atoms with Crippen LogP contribution in [-0.4, -0.2) is 37.2 Å². The van der Waals surface area contributed by atoms with Gasteiger partial charge in [0.2, 0.25) is 0 Å². The molecule has 0 aliphatic carbocycles. The van der Waals surface area contributed by atoms with Crippen LogP contribution < -0.4 is 0 Å². The van der Waals surface area contributed by atoms with Crippen molar-refractivity contribution in [1.29, 1.82) is 0 Å². The maximum Gasteiger partial charge on any atom is 0.306 e. The molecule has 0 aromatic carbocycles. The third-order valence-electron chi connectivity index (χ3n) is 11.9. The fraction of sp³-hybridized carbons (Fsp3) is 0.641. The molecule has 0 heterocycles. The van der Waals surface area contributed by atoms with Gasteiger partial charge in [-0.15, -0.1) is 0 Å². The summed E-state index contributed by atoms with van der Waals surface area (Å²) < 4.78 is 16.8. The molecule has 0 saturated carbocycles. The molecule has 0 radical (unpaired) electrons. The van der Waals surface area contributed by atoms with Gasteiger partial charge in [-0.1, -0.05) is 258 Å². The highest BCUT2D eigenvalue weighted by atomic mass is 16.6. The number of rotatable bonds is 50. The lowest BCUT2D eigenvalue weighted by Gasteiger charge is -2.18. The Balaban J connectivity index is 4.55. The molecule has 1 atom stereocenters. The maximum atomic E-state index is 12.9. The lowest BCUT2D eigenvalue weighted by molar-refractivity contribution is -0.167. The van der Waals surface area contributed by atoms with Gasteiger partial charge in [0.1, 0.15) is 13.2 Å². The van der Waals surface area contributed by atoms with E-state index in [4.69, 9.17) is 14.2 Å². The van der Waals surface area contributed by atoms with E-state index in [2.05, 4.69) is 118 Å². The zero-order chi connectivity index (χ0) is 50.7. The van der Waals surface area contributed by atoms with Gasteiger partial charge in [0.25, 0.3) is 0 Å². The summed E-state index contributed by atoms with van der Waals surface area (Å²) in [5, 5.41) is 0. The quantitative estimate of drug-likeness (QED) is 0.0262. The Kier molecular flexibility index (Phi) is 54.0. The average molecular weight is 970 g/mol. The fourth-order valence-corrected chi connectivity index (χ4v) is 7.52. The monoisotopic (exact) mass is 969 g/mol. The molecule has 70 heavy (non-hydrogen) atoms. The molecule has 0 aliphatic rings. The minimum Gasteiger partial charge on any atom is -0.462 e. The van der Waals surface area contributed by atoms with Gasteiger partial charge in [-0.25, -0.2) is 0 Å². The number of allylic oxidation sites excluding steroid dienone is 20. The SMILES string of the molecule is CCC\C=C/C=C\C=C/C=C\C=C/CCCCCCCC(=O)OCC(COC(=O)CCCCC/C=C\C=C/CCCCCCCCC)OC(=O)CCCCCCC\C=C/C=C\C=C/CCCCCCC. The number of esters is 3. The second-order valence-electron chi connectivity index (χ2n) is 18.7. The van der Waals surface area contributed by atoms with Crippen LogP contribution in [0.3, 0.4) is 0 Å². The van der Waals surface area contributed by atoms with Crippen LogP contribution >= 0.6 is 0 Å². The van der Waals surface area contributed by atoms with Crippen LogP contribution in [0.2, 0.25) is 0 Å². The fourth-order valence-electron chi connectivity index (χ4n) is 7.52. The molecule has 1 unspecified atom stereocenters. The molecular weight excluding hydrogens is 865 g/mol. The summed E-state index contributed by atoms with van der Waals surface area (Å²) in [5.74, 6) is -0.982. The summed E-state index contributed by atoms with van der Waals surface area (Å²) in [7, 11) is 0. The van der Waals surface area contributed by atoms with Gasteiger partial charge in [0, 0.05) is 19.3 Å². The van der Waals surface area contributed by atoms with Crippen molar-refractivity contribution in [3.05, 3.63) is 122 Å². The van der Waals surface area contributed by atoms with Crippen LogP contribution in [0.1, 0.15) is 245 Å². The smallest absolute Gasteiger partial charge is 0.306 e. The molecule has 0 spiro atoms. The molecule has 0 bridgehead atoms. The zero-order valence-corrected chi connectivity index (χ0v) is 45.2. The average Bonchev–Trinajstić information content (AvgIpc) is 3.36. The summed E-state index contributed by atoms with van der Waals surface area (Å²) in [5.41, 5.74) is 0. The first kappa shape index (κ1) is 65.8. The number of unbranched alkanes of at least 4 members (excludes halogenated alkanes) is 26. The van der Waals surface area contributed by atoms with Gasteiger partial charge in [0.05, 0.1) is 0 Å². The van der Waals surface area contributed by atoms with E-state index < -0.39 is 6.10 Å². The largest absolute Gasteiger partial charge is 0.462 e. The van der Waals surface area contributed by atoms with Crippen molar-refractivity contribution in [2.24, 2.45) is 0 Å². The van der Waals surface area contributed by atoms with Crippen LogP contribution in [0.5, 0.6) is 0 Å². The lowest BCUT2D eigenvalue weighted by Crippen LogP contribution is -2.30. The van der Waals surface area contributed by atoms with E-state index in [1.807, 2.05) is 24.3 Å². The van der Waals surface area contributed by atoms with Crippen molar-refractivity contribution in [3.63, 3.8) is 0 Å². The van der Waals surface area contributed by atoms with Crippen molar-refractivity contribution in [3.8, 4) is 0 Å². The molecule has 6 heteroatoms. The molecular formula is C64H104O6. The summed E-state index contributed by atoms with van der Waals surface area (Å²) in [6.45, 7) is 6.46. The molecule has 0 saturated heterocycles. The topological polar surface area (TPSA) is 78.9 Å². The second kappa shape index (κ2) is 57.4. The predicted molar refractivity (Wildman–Crippen MR) is 302 cm³/mol. The molecule has 6 nitrogen and oxygen atoms in total. The van der Waals surface area contributed by atoms with Crippen LogP contribution in [0.4, 0.5) is 0 Å². The predicted octanol–water partition coefficient (Wildman–Crippen LogP) is 19.3. The Labute approximate surface area is 431 Å². The van der Waals surface area contributed by atoms with Gasteiger partial charge in [0.15, 0.2) is 6.10 Å². The summed E-state index contributed by atoms with van der Waals surface area (Å²) in [6.07, 6.45) is 78.9. The van der Waals surface area contributed by atoms with Crippen molar-refractivity contribution in [2.45, 2.75) is 252 Å². The molecule has 396 valence electrons. The highest BCUT2D eigenvalue weighted by Crippen LogP contribution is 2.13. The van der Waals surface area contributed by atoms with Gasteiger partial charge < -0.3 is 14.2 Å².